The molecule has 2 aromatic rings. The van der Waals surface area contributed by atoms with E-state index in [-0.39, 0.29) is 0 Å². The van der Waals surface area contributed by atoms with E-state index in [1.165, 1.54) is 0 Å². The third-order valence-electron chi connectivity index (χ3n) is 2.26. The molecule has 16 heavy (non-hydrogen) atoms. The number of nitrogens with zero attached hydrogens (tertiary/aromatic N) is 3. The second-order valence-corrected chi connectivity index (χ2v) is 3.30. The van der Waals surface area contributed by atoms with Gasteiger partial charge in [0.15, 0.2) is 11.6 Å². The number of nitrogen functional groups attached to an aromatic ring is 1. The lowest BCUT2D eigenvalue weighted by Crippen LogP contribution is -2.14. The van der Waals surface area contributed by atoms with Crippen molar-refractivity contribution >= 4 is 17.3 Å². The summed E-state index contributed by atoms with van der Waals surface area (Å²) in [5, 5.41) is 0. The van der Waals surface area contributed by atoms with Gasteiger partial charge in [-0.2, -0.15) is 0 Å². The van der Waals surface area contributed by atoms with Crippen LogP contribution in [0.5, 0.6) is 0 Å². The Morgan fingerprint density at radius 3 is 2.62 bits per heavy atom. The van der Waals surface area contributed by atoms with E-state index < -0.39 is 0 Å². The molecule has 0 aliphatic heterocycles. The Balaban J connectivity index is 2.30. The molecular formula is C11H13N5. The third-order valence-corrected chi connectivity index (χ3v) is 2.26. The lowest BCUT2D eigenvalue weighted by Gasteiger charge is -2.18. The summed E-state index contributed by atoms with van der Waals surface area (Å²) in [7, 11) is 1.93. The molecule has 0 saturated heterocycles. The van der Waals surface area contributed by atoms with Crippen molar-refractivity contribution in [3.8, 4) is 0 Å². The van der Waals surface area contributed by atoms with Gasteiger partial charge in [-0.05, 0) is 12.1 Å². The summed E-state index contributed by atoms with van der Waals surface area (Å²) in [6.07, 6.45) is 3.26. The molecule has 0 aliphatic carbocycles. The minimum absolute atomic E-state index is 0.542. The summed E-state index contributed by atoms with van der Waals surface area (Å²) >= 11 is 0. The Hall–Kier alpha value is -2.14. The smallest absolute Gasteiger partial charge is 0.160 e. The molecule has 0 radical (unpaired) electrons. The first-order chi connectivity index (χ1) is 7.81. The summed E-state index contributed by atoms with van der Waals surface area (Å²) in [5.74, 6) is 6.57. The van der Waals surface area contributed by atoms with Crippen molar-refractivity contribution < 1.29 is 0 Å². The maximum atomic E-state index is 5.29. The van der Waals surface area contributed by atoms with Crippen LogP contribution in [0.15, 0.2) is 42.7 Å². The molecule has 2 rings (SSSR count). The summed E-state index contributed by atoms with van der Waals surface area (Å²) in [6, 6.07) is 9.93. The highest BCUT2D eigenvalue weighted by atomic mass is 15.3. The fourth-order valence-corrected chi connectivity index (χ4v) is 1.37. The van der Waals surface area contributed by atoms with Crippen molar-refractivity contribution in [1.29, 1.82) is 0 Å². The van der Waals surface area contributed by atoms with Crippen LogP contribution in [0.25, 0.3) is 0 Å². The Morgan fingerprint density at radius 2 is 1.94 bits per heavy atom. The largest absolute Gasteiger partial charge is 0.328 e. The molecule has 0 unspecified atom stereocenters. The second-order valence-electron chi connectivity index (χ2n) is 3.30. The number of benzene rings is 1. The van der Waals surface area contributed by atoms with E-state index in [2.05, 4.69) is 15.4 Å². The van der Waals surface area contributed by atoms with Crippen LogP contribution >= 0.6 is 0 Å². The number of aromatic nitrogens is 2. The average Bonchev–Trinajstić information content (AvgIpc) is 2.39. The summed E-state index contributed by atoms with van der Waals surface area (Å²) in [6.45, 7) is 0. The summed E-state index contributed by atoms with van der Waals surface area (Å²) in [5.41, 5.74) is 3.52. The summed E-state index contributed by atoms with van der Waals surface area (Å²) < 4.78 is 0. The Labute approximate surface area is 93.9 Å². The van der Waals surface area contributed by atoms with Gasteiger partial charge in [-0.15, -0.1) is 0 Å². The van der Waals surface area contributed by atoms with Crippen molar-refractivity contribution in [3.63, 3.8) is 0 Å². The molecule has 0 spiro atoms. The van der Waals surface area contributed by atoms with Gasteiger partial charge >= 0.3 is 0 Å². The molecule has 1 aromatic heterocycles. The molecule has 82 valence electrons. The van der Waals surface area contributed by atoms with Gasteiger partial charge in [-0.25, -0.2) is 10.8 Å². The minimum Gasteiger partial charge on any atom is -0.328 e. The zero-order chi connectivity index (χ0) is 11.4. The van der Waals surface area contributed by atoms with Crippen LogP contribution in [0, 0.1) is 0 Å². The highest BCUT2D eigenvalue weighted by molar-refractivity contribution is 5.59. The van der Waals surface area contributed by atoms with Crippen LogP contribution in [-0.2, 0) is 0 Å². The normalized spacial score (nSPS) is 9.88. The molecule has 0 atom stereocenters. The number of nitrogens with one attached hydrogen (secondary N) is 1. The van der Waals surface area contributed by atoms with Crippen molar-refractivity contribution in [3.05, 3.63) is 42.7 Å². The van der Waals surface area contributed by atoms with Crippen LogP contribution in [0.3, 0.4) is 0 Å². The molecule has 5 nitrogen and oxygen atoms in total. The number of hydrazine groups is 1. The highest BCUT2D eigenvalue weighted by Crippen LogP contribution is 2.20. The Morgan fingerprint density at radius 1 is 1.19 bits per heavy atom. The molecule has 3 N–H and O–H groups in total. The van der Waals surface area contributed by atoms with Gasteiger partial charge in [0, 0.05) is 12.7 Å². The van der Waals surface area contributed by atoms with Gasteiger partial charge in [-0.1, -0.05) is 18.2 Å². The molecular weight excluding hydrogens is 202 g/mol. The van der Waals surface area contributed by atoms with Crippen LogP contribution in [-0.4, -0.2) is 17.0 Å². The molecule has 1 heterocycles. The zero-order valence-electron chi connectivity index (χ0n) is 8.96. The van der Waals surface area contributed by atoms with E-state index in [1.807, 2.05) is 42.3 Å². The fourth-order valence-electron chi connectivity index (χ4n) is 1.37. The lowest BCUT2D eigenvalue weighted by atomic mass is 10.3. The van der Waals surface area contributed by atoms with Gasteiger partial charge in [0.25, 0.3) is 0 Å². The predicted molar refractivity (Wildman–Crippen MR) is 64.3 cm³/mol. The monoisotopic (exact) mass is 215 g/mol. The molecule has 1 aromatic carbocycles. The minimum atomic E-state index is 0.542. The number of hydrogen-bond donors (Lipinski definition) is 2. The Kier molecular flexibility index (Phi) is 2.98. The van der Waals surface area contributed by atoms with E-state index in [0.29, 0.717) is 5.82 Å². The number of rotatable bonds is 3. The van der Waals surface area contributed by atoms with Gasteiger partial charge < -0.3 is 10.3 Å². The van der Waals surface area contributed by atoms with E-state index in [4.69, 9.17) is 5.84 Å². The lowest BCUT2D eigenvalue weighted by molar-refractivity contribution is 1.08. The average molecular weight is 215 g/mol. The third kappa shape index (κ3) is 2.09. The van der Waals surface area contributed by atoms with E-state index in [9.17, 15) is 0 Å². The number of para-hydroxylation sites is 1. The quantitative estimate of drug-likeness (QED) is 0.600. The van der Waals surface area contributed by atoms with Crippen LogP contribution in [0.2, 0.25) is 0 Å². The molecule has 0 saturated carbocycles. The van der Waals surface area contributed by atoms with Crippen molar-refractivity contribution in [2.24, 2.45) is 5.84 Å². The van der Waals surface area contributed by atoms with Gasteiger partial charge in [0.2, 0.25) is 0 Å². The first kappa shape index (κ1) is 10.4. The van der Waals surface area contributed by atoms with Gasteiger partial charge in [0.05, 0.1) is 12.4 Å². The van der Waals surface area contributed by atoms with Crippen molar-refractivity contribution in [2.75, 3.05) is 17.4 Å². The first-order valence-corrected chi connectivity index (χ1v) is 4.88. The second kappa shape index (κ2) is 4.59. The zero-order valence-corrected chi connectivity index (χ0v) is 8.96. The molecule has 0 bridgehead atoms. The van der Waals surface area contributed by atoms with Crippen molar-refractivity contribution in [2.45, 2.75) is 0 Å². The fraction of sp³-hybridized carbons (Fsp3) is 0.0909. The number of hydrogen-bond acceptors (Lipinski definition) is 5. The van der Waals surface area contributed by atoms with Gasteiger partial charge in [0.1, 0.15) is 0 Å². The Bertz CT molecular complexity index is 457. The predicted octanol–water partition coefficient (Wildman–Crippen LogP) is 1.53. The first-order valence-electron chi connectivity index (χ1n) is 4.88. The SMILES string of the molecule is CN(c1ccccc1)c1cncc(NN)n1. The number of nitrogens with two attached hydrogens (primary N) is 1. The number of anilines is 3. The molecule has 0 amide bonds. The maximum absolute atomic E-state index is 5.29. The standard InChI is InChI=1S/C11H13N5/c1-16(9-5-3-2-4-6-9)11-8-13-7-10(14-11)15-12/h2-8H,12H2,1H3,(H,14,15). The van der Waals surface area contributed by atoms with E-state index in [1.54, 1.807) is 12.4 Å². The molecule has 0 fully saturated rings. The summed E-state index contributed by atoms with van der Waals surface area (Å²) in [4.78, 5) is 10.3. The van der Waals surface area contributed by atoms with Crippen LogP contribution in [0.1, 0.15) is 0 Å². The van der Waals surface area contributed by atoms with Crippen molar-refractivity contribution in [1.82, 2.24) is 9.97 Å². The molecule has 5 heteroatoms. The van der Waals surface area contributed by atoms with Crippen LogP contribution < -0.4 is 16.2 Å². The highest BCUT2D eigenvalue weighted by Gasteiger charge is 2.05. The maximum Gasteiger partial charge on any atom is 0.160 e. The van der Waals surface area contributed by atoms with E-state index >= 15 is 0 Å². The topological polar surface area (TPSA) is 67.1 Å². The van der Waals surface area contributed by atoms with Gasteiger partial charge in [-0.3, -0.25) is 4.98 Å². The van der Waals surface area contributed by atoms with E-state index in [0.717, 1.165) is 11.5 Å². The molecule has 0 aliphatic rings. The van der Waals surface area contributed by atoms with Crippen LogP contribution in [0.4, 0.5) is 17.3 Å².